The van der Waals surface area contributed by atoms with Crippen LogP contribution in [-0.4, -0.2) is 37.9 Å². The molecule has 0 N–H and O–H groups in total. The van der Waals surface area contributed by atoms with Gasteiger partial charge in [-0.25, -0.2) is 19.9 Å². The first kappa shape index (κ1) is 13.3. The van der Waals surface area contributed by atoms with Gasteiger partial charge in [-0.3, -0.25) is 14.2 Å². The van der Waals surface area contributed by atoms with E-state index < -0.39 is 0 Å². The van der Waals surface area contributed by atoms with Crippen LogP contribution in [0.15, 0.2) is 12.7 Å². The number of hydrogen-bond donors (Lipinski definition) is 0. The maximum Gasteiger partial charge on any atom is 0.235 e. The molecule has 2 amide bonds. The van der Waals surface area contributed by atoms with E-state index in [1.165, 1.54) is 6.33 Å². The second kappa shape index (κ2) is 5.13. The summed E-state index contributed by atoms with van der Waals surface area (Å²) in [6.07, 6.45) is 6.37. The normalized spacial score (nSPS) is 22.7. The molecule has 2 saturated heterocycles. The Bertz CT molecular complexity index is 734. The van der Waals surface area contributed by atoms with E-state index in [2.05, 4.69) is 15.0 Å². The molecule has 1 unspecified atom stereocenters. The molecule has 0 spiro atoms. The monoisotopic (exact) mass is 301 g/mol. The quantitative estimate of drug-likeness (QED) is 0.774. The predicted octanol–water partition coefficient (Wildman–Crippen LogP) is 1.18. The molecule has 0 saturated carbocycles. The molecule has 2 aliphatic heterocycles. The van der Waals surface area contributed by atoms with Crippen LogP contribution >= 0.6 is 0 Å². The predicted molar refractivity (Wildman–Crippen MR) is 75.9 cm³/mol. The first-order chi connectivity index (χ1) is 10.8. The average Bonchev–Trinajstić information content (AvgIpc) is 3.12. The highest BCUT2D eigenvalue weighted by Gasteiger charge is 2.33. The van der Waals surface area contributed by atoms with Gasteiger partial charge in [0.15, 0.2) is 17.0 Å². The molecule has 1 atom stereocenters. The minimum atomic E-state index is -0.242. The van der Waals surface area contributed by atoms with Gasteiger partial charge >= 0.3 is 0 Å². The number of ether oxygens (including phenoxy) is 1. The zero-order valence-electron chi connectivity index (χ0n) is 11.9. The van der Waals surface area contributed by atoms with Crippen LogP contribution in [0.3, 0.4) is 0 Å². The van der Waals surface area contributed by atoms with E-state index >= 15 is 0 Å². The van der Waals surface area contributed by atoms with Gasteiger partial charge in [-0.1, -0.05) is 0 Å². The lowest BCUT2D eigenvalue weighted by molar-refractivity contribution is -0.121. The number of fused-ring (bicyclic) bond motifs is 1. The van der Waals surface area contributed by atoms with E-state index in [9.17, 15) is 9.59 Å². The molecule has 2 aromatic rings. The first-order valence-electron chi connectivity index (χ1n) is 7.40. The smallest absolute Gasteiger partial charge is 0.235 e. The maximum atomic E-state index is 11.9. The van der Waals surface area contributed by atoms with Crippen molar-refractivity contribution in [2.45, 2.75) is 38.3 Å². The van der Waals surface area contributed by atoms with Crippen molar-refractivity contribution < 1.29 is 14.3 Å². The van der Waals surface area contributed by atoms with Crippen molar-refractivity contribution >= 4 is 28.8 Å². The Morgan fingerprint density at radius 3 is 2.64 bits per heavy atom. The third-order valence-electron chi connectivity index (χ3n) is 4.07. The van der Waals surface area contributed by atoms with Gasteiger partial charge in [-0.05, 0) is 19.3 Å². The highest BCUT2D eigenvalue weighted by molar-refractivity contribution is 6.21. The van der Waals surface area contributed by atoms with Crippen LogP contribution in [0.1, 0.15) is 38.3 Å². The zero-order chi connectivity index (χ0) is 15.1. The number of carbonyl (C=O) groups excluding carboxylic acids is 2. The molecule has 4 rings (SSSR count). The van der Waals surface area contributed by atoms with Crippen LogP contribution in [0, 0.1) is 0 Å². The fourth-order valence-electron chi connectivity index (χ4n) is 2.97. The molecule has 8 nitrogen and oxygen atoms in total. The topological polar surface area (TPSA) is 90.2 Å². The third-order valence-corrected chi connectivity index (χ3v) is 4.07. The van der Waals surface area contributed by atoms with Gasteiger partial charge in [-0.2, -0.15) is 0 Å². The number of hydrogen-bond acceptors (Lipinski definition) is 6. The standard InChI is InChI=1S/C14H15N5O3/c20-9-4-5-10(21)19(9)14-12-13(15-7-16-14)18(8-17-12)11-3-1-2-6-22-11/h7-8,11H,1-6H2. The number of carbonyl (C=O) groups is 2. The minimum Gasteiger partial charge on any atom is -0.358 e. The second-order valence-electron chi connectivity index (χ2n) is 5.47. The molecule has 8 heteroatoms. The number of anilines is 1. The molecule has 114 valence electrons. The SMILES string of the molecule is O=C1CCC(=O)N1c1ncnc2c1ncn2C1CCCCO1. The summed E-state index contributed by atoms with van der Waals surface area (Å²) in [5.41, 5.74) is 1.05. The summed E-state index contributed by atoms with van der Waals surface area (Å²) < 4.78 is 7.60. The molecule has 0 aromatic carbocycles. The van der Waals surface area contributed by atoms with Crippen molar-refractivity contribution in [3.8, 4) is 0 Å². The van der Waals surface area contributed by atoms with Gasteiger partial charge in [0.1, 0.15) is 12.6 Å². The molecule has 22 heavy (non-hydrogen) atoms. The first-order valence-corrected chi connectivity index (χ1v) is 7.40. The van der Waals surface area contributed by atoms with Gasteiger partial charge in [0.05, 0.1) is 6.33 Å². The number of imide groups is 1. The molecule has 2 aliphatic rings. The highest BCUT2D eigenvalue weighted by Crippen LogP contribution is 2.30. The van der Waals surface area contributed by atoms with Crippen molar-refractivity contribution in [2.24, 2.45) is 0 Å². The molecular formula is C14H15N5O3. The summed E-state index contributed by atoms with van der Waals surface area (Å²) in [7, 11) is 0. The lowest BCUT2D eigenvalue weighted by Crippen LogP contribution is -2.29. The van der Waals surface area contributed by atoms with Gasteiger partial charge in [0.2, 0.25) is 11.8 Å². The fourth-order valence-corrected chi connectivity index (χ4v) is 2.97. The van der Waals surface area contributed by atoms with Crippen molar-refractivity contribution in [1.29, 1.82) is 0 Å². The molecule has 0 bridgehead atoms. The third kappa shape index (κ3) is 1.98. The van der Waals surface area contributed by atoms with E-state index in [1.807, 2.05) is 4.57 Å². The van der Waals surface area contributed by atoms with Crippen molar-refractivity contribution in [3.05, 3.63) is 12.7 Å². The summed E-state index contributed by atoms with van der Waals surface area (Å²) in [5.74, 6) is -0.214. The highest BCUT2D eigenvalue weighted by atomic mass is 16.5. The molecule has 4 heterocycles. The molecule has 0 aliphatic carbocycles. The van der Waals surface area contributed by atoms with Crippen LogP contribution in [0.5, 0.6) is 0 Å². The van der Waals surface area contributed by atoms with Crippen molar-refractivity contribution in [2.75, 3.05) is 11.5 Å². The summed E-state index contributed by atoms with van der Waals surface area (Å²) in [5, 5.41) is 0. The largest absolute Gasteiger partial charge is 0.358 e. The van der Waals surface area contributed by atoms with Gasteiger partial charge in [0.25, 0.3) is 0 Å². The Hall–Kier alpha value is -2.35. The summed E-state index contributed by atoms with van der Waals surface area (Å²) in [6, 6.07) is 0. The van der Waals surface area contributed by atoms with E-state index in [0.29, 0.717) is 17.8 Å². The zero-order valence-corrected chi connectivity index (χ0v) is 11.9. The Labute approximate surface area is 126 Å². The number of aromatic nitrogens is 4. The molecule has 2 aromatic heterocycles. The van der Waals surface area contributed by atoms with Gasteiger partial charge < -0.3 is 4.74 Å². The Balaban J connectivity index is 1.80. The van der Waals surface area contributed by atoms with Crippen LogP contribution in [0.25, 0.3) is 11.2 Å². The van der Waals surface area contributed by atoms with Crippen molar-refractivity contribution in [1.82, 2.24) is 19.5 Å². The van der Waals surface area contributed by atoms with E-state index in [4.69, 9.17) is 4.74 Å². The van der Waals surface area contributed by atoms with Crippen LogP contribution in [0.4, 0.5) is 5.82 Å². The lowest BCUT2D eigenvalue weighted by Gasteiger charge is -2.23. The Kier molecular flexibility index (Phi) is 3.11. The minimum absolute atomic E-state index is 0.105. The number of amides is 2. The number of rotatable bonds is 2. The second-order valence-corrected chi connectivity index (χ2v) is 5.47. The van der Waals surface area contributed by atoms with Crippen LogP contribution in [0.2, 0.25) is 0 Å². The van der Waals surface area contributed by atoms with Gasteiger partial charge in [-0.15, -0.1) is 0 Å². The van der Waals surface area contributed by atoms with E-state index in [1.54, 1.807) is 6.33 Å². The number of nitrogens with zero attached hydrogens (tertiary/aromatic N) is 5. The molecule has 2 fully saturated rings. The number of imidazole rings is 1. The van der Waals surface area contributed by atoms with Crippen LogP contribution in [-0.2, 0) is 14.3 Å². The van der Waals surface area contributed by atoms with Gasteiger partial charge in [0, 0.05) is 19.4 Å². The average molecular weight is 301 g/mol. The fraction of sp³-hybridized carbons (Fsp3) is 0.500. The van der Waals surface area contributed by atoms with E-state index in [-0.39, 0.29) is 36.7 Å². The van der Waals surface area contributed by atoms with Crippen molar-refractivity contribution in [3.63, 3.8) is 0 Å². The molecule has 0 radical (unpaired) electrons. The maximum absolute atomic E-state index is 11.9. The summed E-state index contributed by atoms with van der Waals surface area (Å²) in [6.45, 7) is 0.714. The summed E-state index contributed by atoms with van der Waals surface area (Å²) in [4.78, 5) is 37.6. The van der Waals surface area contributed by atoms with E-state index in [0.717, 1.165) is 24.2 Å². The summed E-state index contributed by atoms with van der Waals surface area (Å²) >= 11 is 0. The molecular weight excluding hydrogens is 286 g/mol. The Morgan fingerprint density at radius 1 is 1.09 bits per heavy atom. The lowest BCUT2D eigenvalue weighted by atomic mass is 10.2. The van der Waals surface area contributed by atoms with Crippen LogP contribution < -0.4 is 4.90 Å². The Morgan fingerprint density at radius 2 is 1.91 bits per heavy atom.